The highest BCUT2D eigenvalue weighted by atomic mass is 16.2. The Hall–Kier alpha value is -1.61. The molecule has 0 saturated carbocycles. The van der Waals surface area contributed by atoms with Gasteiger partial charge in [0.25, 0.3) is 5.91 Å². The van der Waals surface area contributed by atoms with Crippen LogP contribution in [0, 0.1) is 0 Å². The smallest absolute Gasteiger partial charge is 0.260 e. The van der Waals surface area contributed by atoms with Gasteiger partial charge in [0.15, 0.2) is 0 Å². The first-order valence-corrected chi connectivity index (χ1v) is 4.54. The van der Waals surface area contributed by atoms with Gasteiger partial charge in [0.2, 0.25) is 0 Å². The molecule has 1 amide bonds. The van der Waals surface area contributed by atoms with E-state index >= 15 is 0 Å². The highest BCUT2D eigenvalue weighted by molar-refractivity contribution is 5.87. The van der Waals surface area contributed by atoms with Crippen molar-refractivity contribution >= 4 is 5.91 Å². The van der Waals surface area contributed by atoms with Crippen LogP contribution in [0.25, 0.3) is 0 Å². The van der Waals surface area contributed by atoms with Gasteiger partial charge in [-0.1, -0.05) is 36.4 Å². The van der Waals surface area contributed by atoms with Crippen LogP contribution in [-0.4, -0.2) is 18.0 Å². The SMILES string of the molecule is CN1N[C@H](c2ccccc2)C=CC1=O. The maximum Gasteiger partial charge on any atom is 0.260 e. The Bertz CT molecular complexity index is 359. The monoisotopic (exact) mass is 188 g/mol. The predicted molar refractivity (Wildman–Crippen MR) is 54.2 cm³/mol. The summed E-state index contributed by atoms with van der Waals surface area (Å²) in [5.41, 5.74) is 4.24. The number of hydrogen-bond donors (Lipinski definition) is 1. The fraction of sp³-hybridized carbons (Fsp3) is 0.182. The Morgan fingerprint density at radius 2 is 2.00 bits per heavy atom. The van der Waals surface area contributed by atoms with Crippen molar-refractivity contribution in [2.45, 2.75) is 6.04 Å². The number of carbonyl (C=O) groups excluding carboxylic acids is 1. The van der Waals surface area contributed by atoms with E-state index in [-0.39, 0.29) is 11.9 Å². The van der Waals surface area contributed by atoms with E-state index in [1.54, 1.807) is 13.1 Å². The normalized spacial score (nSPS) is 21.4. The molecule has 14 heavy (non-hydrogen) atoms. The summed E-state index contributed by atoms with van der Waals surface area (Å²) in [6, 6.07) is 10.1. The van der Waals surface area contributed by atoms with Crippen molar-refractivity contribution in [3.8, 4) is 0 Å². The Morgan fingerprint density at radius 3 is 2.64 bits per heavy atom. The average Bonchev–Trinajstić information content (AvgIpc) is 2.23. The number of hydrazine groups is 1. The number of likely N-dealkylation sites (N-methyl/N-ethyl adjacent to an activating group) is 1. The van der Waals surface area contributed by atoms with Crippen molar-refractivity contribution in [2.24, 2.45) is 0 Å². The first-order valence-electron chi connectivity index (χ1n) is 4.54. The number of hydrogen-bond acceptors (Lipinski definition) is 2. The van der Waals surface area contributed by atoms with Crippen LogP contribution in [0.3, 0.4) is 0 Å². The molecular formula is C11H12N2O. The fourth-order valence-electron chi connectivity index (χ4n) is 1.45. The second-order valence-electron chi connectivity index (χ2n) is 3.27. The van der Waals surface area contributed by atoms with Crippen molar-refractivity contribution in [1.82, 2.24) is 10.4 Å². The third kappa shape index (κ3) is 1.67. The van der Waals surface area contributed by atoms with Gasteiger partial charge in [-0.05, 0) is 5.56 Å². The number of carbonyl (C=O) groups is 1. The van der Waals surface area contributed by atoms with Gasteiger partial charge in [-0.3, -0.25) is 9.80 Å². The molecule has 1 N–H and O–H groups in total. The van der Waals surface area contributed by atoms with Gasteiger partial charge in [0.1, 0.15) is 0 Å². The van der Waals surface area contributed by atoms with E-state index < -0.39 is 0 Å². The number of amides is 1. The first-order chi connectivity index (χ1) is 6.77. The van der Waals surface area contributed by atoms with E-state index in [9.17, 15) is 4.79 Å². The van der Waals surface area contributed by atoms with Gasteiger partial charge in [-0.2, -0.15) is 0 Å². The molecule has 1 atom stereocenters. The van der Waals surface area contributed by atoms with E-state index in [2.05, 4.69) is 5.43 Å². The molecule has 3 heteroatoms. The maximum absolute atomic E-state index is 11.1. The average molecular weight is 188 g/mol. The van der Waals surface area contributed by atoms with Crippen molar-refractivity contribution in [1.29, 1.82) is 0 Å². The van der Waals surface area contributed by atoms with E-state index in [1.165, 1.54) is 5.01 Å². The topological polar surface area (TPSA) is 32.3 Å². The minimum absolute atomic E-state index is 0.0165. The molecular weight excluding hydrogens is 176 g/mol. The fourth-order valence-corrected chi connectivity index (χ4v) is 1.45. The van der Waals surface area contributed by atoms with Crippen LogP contribution < -0.4 is 5.43 Å². The third-order valence-corrected chi connectivity index (χ3v) is 2.25. The zero-order chi connectivity index (χ0) is 9.97. The summed E-state index contributed by atoms with van der Waals surface area (Å²) >= 11 is 0. The van der Waals surface area contributed by atoms with Crippen molar-refractivity contribution < 1.29 is 4.79 Å². The van der Waals surface area contributed by atoms with Gasteiger partial charge in [0, 0.05) is 13.1 Å². The Kier molecular flexibility index (Phi) is 2.33. The lowest BCUT2D eigenvalue weighted by atomic mass is 10.1. The number of benzene rings is 1. The highest BCUT2D eigenvalue weighted by Crippen LogP contribution is 2.16. The molecule has 0 saturated heterocycles. The van der Waals surface area contributed by atoms with Crippen molar-refractivity contribution in [3.05, 3.63) is 48.0 Å². The lowest BCUT2D eigenvalue weighted by molar-refractivity contribution is -0.128. The Morgan fingerprint density at radius 1 is 1.29 bits per heavy atom. The van der Waals surface area contributed by atoms with Crippen LogP contribution in [0.1, 0.15) is 11.6 Å². The highest BCUT2D eigenvalue weighted by Gasteiger charge is 2.17. The molecule has 3 nitrogen and oxygen atoms in total. The van der Waals surface area contributed by atoms with Crippen LogP contribution in [0.4, 0.5) is 0 Å². The second kappa shape index (κ2) is 3.64. The largest absolute Gasteiger partial charge is 0.277 e. The Balaban J connectivity index is 2.22. The summed E-state index contributed by atoms with van der Waals surface area (Å²) in [4.78, 5) is 11.1. The van der Waals surface area contributed by atoms with Gasteiger partial charge < -0.3 is 0 Å². The van der Waals surface area contributed by atoms with Gasteiger partial charge in [-0.25, -0.2) is 5.43 Å². The predicted octanol–water partition coefficient (Wildman–Crippen LogP) is 1.26. The number of nitrogens with zero attached hydrogens (tertiary/aromatic N) is 1. The standard InChI is InChI=1S/C11H12N2O/c1-13-11(14)8-7-10(12-13)9-5-3-2-4-6-9/h2-8,10,12H,1H3/t10-/m0/s1. The molecule has 0 aromatic heterocycles. The quantitative estimate of drug-likeness (QED) is 0.719. The molecule has 1 heterocycles. The molecule has 0 aliphatic carbocycles. The van der Waals surface area contributed by atoms with Crippen LogP contribution in [0.2, 0.25) is 0 Å². The minimum atomic E-state index is -0.0165. The molecule has 1 aliphatic rings. The van der Waals surface area contributed by atoms with Gasteiger partial charge in [-0.15, -0.1) is 0 Å². The summed E-state index contributed by atoms with van der Waals surface area (Å²) < 4.78 is 0. The van der Waals surface area contributed by atoms with Crippen molar-refractivity contribution in [3.63, 3.8) is 0 Å². The molecule has 0 unspecified atom stereocenters. The van der Waals surface area contributed by atoms with E-state index in [4.69, 9.17) is 0 Å². The van der Waals surface area contributed by atoms with Crippen LogP contribution in [0.5, 0.6) is 0 Å². The molecule has 0 spiro atoms. The summed E-state index contributed by atoms with van der Waals surface area (Å²) in [5.74, 6) is -0.0165. The van der Waals surface area contributed by atoms with E-state index in [1.807, 2.05) is 36.4 Å². The summed E-state index contributed by atoms with van der Waals surface area (Å²) in [6.45, 7) is 0. The van der Waals surface area contributed by atoms with Crippen LogP contribution >= 0.6 is 0 Å². The lowest BCUT2D eigenvalue weighted by Gasteiger charge is -2.26. The molecule has 1 aliphatic heterocycles. The van der Waals surface area contributed by atoms with Gasteiger partial charge in [0.05, 0.1) is 6.04 Å². The number of rotatable bonds is 1. The summed E-state index contributed by atoms with van der Waals surface area (Å²) in [6.07, 6.45) is 3.46. The van der Waals surface area contributed by atoms with Crippen LogP contribution in [0.15, 0.2) is 42.5 Å². The maximum atomic E-state index is 11.1. The second-order valence-corrected chi connectivity index (χ2v) is 3.27. The lowest BCUT2D eigenvalue weighted by Crippen LogP contribution is -2.43. The molecule has 72 valence electrons. The molecule has 0 fully saturated rings. The summed E-state index contributed by atoms with van der Waals surface area (Å²) in [5, 5.41) is 1.50. The zero-order valence-corrected chi connectivity index (χ0v) is 7.97. The van der Waals surface area contributed by atoms with E-state index in [0.29, 0.717) is 0 Å². The van der Waals surface area contributed by atoms with Crippen LogP contribution in [-0.2, 0) is 4.79 Å². The van der Waals surface area contributed by atoms with Gasteiger partial charge >= 0.3 is 0 Å². The molecule has 1 aromatic rings. The summed E-state index contributed by atoms with van der Waals surface area (Å²) in [7, 11) is 1.72. The first kappa shape index (κ1) is 8.97. The third-order valence-electron chi connectivity index (χ3n) is 2.25. The van der Waals surface area contributed by atoms with Crippen molar-refractivity contribution in [2.75, 3.05) is 7.05 Å². The molecule has 0 bridgehead atoms. The zero-order valence-electron chi connectivity index (χ0n) is 7.97. The molecule has 2 rings (SSSR count). The Labute approximate surface area is 83.0 Å². The van der Waals surface area contributed by atoms with E-state index in [0.717, 1.165) is 5.56 Å². The molecule has 0 radical (unpaired) electrons. The number of nitrogens with one attached hydrogen (secondary N) is 1. The molecule has 1 aromatic carbocycles. The minimum Gasteiger partial charge on any atom is -0.277 e.